The summed E-state index contributed by atoms with van der Waals surface area (Å²) in [6.07, 6.45) is 3.51. The van der Waals surface area contributed by atoms with Gasteiger partial charge in [-0.1, -0.05) is 11.6 Å². The van der Waals surface area contributed by atoms with Gasteiger partial charge >= 0.3 is 0 Å². The Hall–Kier alpha value is -1.68. The summed E-state index contributed by atoms with van der Waals surface area (Å²) in [4.78, 5) is 7.13. The van der Waals surface area contributed by atoms with Crippen LogP contribution in [0.4, 0.5) is 5.69 Å². The zero-order chi connectivity index (χ0) is 11.4. The highest BCUT2D eigenvalue weighted by Crippen LogP contribution is 2.24. The largest absolute Gasteiger partial charge is 0.497 e. The molecule has 0 aliphatic carbocycles. The summed E-state index contributed by atoms with van der Waals surface area (Å²) in [5.74, 6) is 1.60. The van der Waals surface area contributed by atoms with Crippen molar-refractivity contribution in [2.45, 2.75) is 6.54 Å². The van der Waals surface area contributed by atoms with Crippen LogP contribution in [0, 0.1) is 0 Å². The molecule has 0 saturated carbocycles. The molecule has 0 saturated heterocycles. The van der Waals surface area contributed by atoms with Gasteiger partial charge in [-0.05, 0) is 12.1 Å². The maximum absolute atomic E-state index is 5.95. The van der Waals surface area contributed by atoms with Crippen molar-refractivity contribution >= 4 is 17.3 Å². The van der Waals surface area contributed by atoms with Gasteiger partial charge < -0.3 is 15.0 Å². The van der Waals surface area contributed by atoms with Crippen LogP contribution in [0.3, 0.4) is 0 Å². The van der Waals surface area contributed by atoms with E-state index in [0.29, 0.717) is 11.6 Å². The maximum Gasteiger partial charge on any atom is 0.125 e. The topological polar surface area (TPSA) is 49.9 Å². The molecule has 0 unspecified atom stereocenters. The van der Waals surface area contributed by atoms with E-state index in [1.165, 1.54) is 0 Å². The maximum atomic E-state index is 5.95. The Morgan fingerprint density at radius 2 is 2.31 bits per heavy atom. The average molecular weight is 238 g/mol. The number of ether oxygens (including phenoxy) is 1. The fourth-order valence-electron chi connectivity index (χ4n) is 1.36. The molecule has 1 heterocycles. The van der Waals surface area contributed by atoms with E-state index in [1.54, 1.807) is 25.6 Å². The number of imidazole rings is 1. The standard InChI is InChI=1S/C11H12ClN3O/c1-16-10-5-8(12)4-9(6-10)15-7-11-13-2-3-14-11/h2-6,15H,7H2,1H3,(H,13,14). The first-order chi connectivity index (χ1) is 7.78. The molecule has 16 heavy (non-hydrogen) atoms. The van der Waals surface area contributed by atoms with Crippen molar-refractivity contribution in [3.8, 4) is 5.75 Å². The third-order valence-electron chi connectivity index (χ3n) is 2.12. The fourth-order valence-corrected chi connectivity index (χ4v) is 1.59. The molecule has 5 heteroatoms. The van der Waals surface area contributed by atoms with Gasteiger partial charge in [0.15, 0.2) is 0 Å². The van der Waals surface area contributed by atoms with Gasteiger partial charge in [0.05, 0.1) is 13.7 Å². The number of aromatic nitrogens is 2. The Kier molecular flexibility index (Phi) is 3.31. The summed E-state index contributed by atoms with van der Waals surface area (Å²) < 4.78 is 5.12. The first-order valence-corrected chi connectivity index (χ1v) is 5.22. The van der Waals surface area contributed by atoms with E-state index in [4.69, 9.17) is 16.3 Å². The van der Waals surface area contributed by atoms with E-state index in [1.807, 2.05) is 12.1 Å². The van der Waals surface area contributed by atoms with Crippen molar-refractivity contribution in [1.29, 1.82) is 0 Å². The van der Waals surface area contributed by atoms with Crippen LogP contribution >= 0.6 is 11.6 Å². The van der Waals surface area contributed by atoms with E-state index >= 15 is 0 Å². The molecule has 1 aromatic heterocycles. The smallest absolute Gasteiger partial charge is 0.125 e. The molecule has 2 rings (SSSR count). The van der Waals surface area contributed by atoms with E-state index in [0.717, 1.165) is 17.3 Å². The predicted octanol–water partition coefficient (Wildman–Crippen LogP) is 2.68. The normalized spacial score (nSPS) is 10.1. The van der Waals surface area contributed by atoms with Crippen LogP contribution in [-0.2, 0) is 6.54 Å². The number of benzene rings is 1. The van der Waals surface area contributed by atoms with E-state index in [-0.39, 0.29) is 0 Å². The number of rotatable bonds is 4. The number of methoxy groups -OCH3 is 1. The summed E-state index contributed by atoms with van der Waals surface area (Å²) in [5.41, 5.74) is 0.903. The van der Waals surface area contributed by atoms with Crippen LogP contribution in [0.25, 0.3) is 0 Å². The summed E-state index contributed by atoms with van der Waals surface area (Å²) >= 11 is 5.95. The lowest BCUT2D eigenvalue weighted by Crippen LogP contribution is -2.01. The minimum Gasteiger partial charge on any atom is -0.497 e. The van der Waals surface area contributed by atoms with Crippen LogP contribution in [-0.4, -0.2) is 17.1 Å². The average Bonchev–Trinajstić information content (AvgIpc) is 2.78. The van der Waals surface area contributed by atoms with Crippen molar-refractivity contribution in [3.63, 3.8) is 0 Å². The van der Waals surface area contributed by atoms with E-state index in [2.05, 4.69) is 15.3 Å². The molecule has 0 aliphatic rings. The number of nitrogens with zero attached hydrogens (tertiary/aromatic N) is 1. The second-order valence-electron chi connectivity index (χ2n) is 3.27. The second-order valence-corrected chi connectivity index (χ2v) is 3.71. The molecule has 2 aromatic rings. The number of anilines is 1. The van der Waals surface area contributed by atoms with Gasteiger partial charge in [0, 0.05) is 29.2 Å². The van der Waals surface area contributed by atoms with Crippen LogP contribution < -0.4 is 10.1 Å². The molecule has 2 N–H and O–H groups in total. The molecule has 0 fully saturated rings. The first-order valence-electron chi connectivity index (χ1n) is 4.84. The molecule has 4 nitrogen and oxygen atoms in total. The van der Waals surface area contributed by atoms with Crippen molar-refractivity contribution in [1.82, 2.24) is 9.97 Å². The Labute approximate surface area is 98.6 Å². The second kappa shape index (κ2) is 4.90. The summed E-state index contributed by atoms with van der Waals surface area (Å²) in [7, 11) is 1.61. The van der Waals surface area contributed by atoms with Gasteiger partial charge in [-0.25, -0.2) is 4.98 Å². The van der Waals surface area contributed by atoms with Gasteiger partial charge in [-0.2, -0.15) is 0 Å². The van der Waals surface area contributed by atoms with Gasteiger partial charge in [0.1, 0.15) is 11.6 Å². The zero-order valence-electron chi connectivity index (χ0n) is 8.83. The fraction of sp³-hybridized carbons (Fsp3) is 0.182. The highest BCUT2D eigenvalue weighted by Gasteiger charge is 2.00. The molecular weight excluding hydrogens is 226 g/mol. The van der Waals surface area contributed by atoms with Crippen molar-refractivity contribution in [3.05, 3.63) is 41.4 Å². The number of nitrogens with one attached hydrogen (secondary N) is 2. The Balaban J connectivity index is 2.06. The van der Waals surface area contributed by atoms with Crippen molar-refractivity contribution < 1.29 is 4.74 Å². The number of halogens is 1. The Morgan fingerprint density at radius 1 is 1.44 bits per heavy atom. The van der Waals surface area contributed by atoms with Crippen LogP contribution in [0.15, 0.2) is 30.6 Å². The van der Waals surface area contributed by atoms with Crippen molar-refractivity contribution in [2.75, 3.05) is 12.4 Å². The molecule has 0 spiro atoms. The molecule has 0 bridgehead atoms. The summed E-state index contributed by atoms with van der Waals surface area (Å²) in [5, 5.41) is 3.84. The highest BCUT2D eigenvalue weighted by molar-refractivity contribution is 6.31. The first kappa shape index (κ1) is 10.8. The zero-order valence-corrected chi connectivity index (χ0v) is 9.58. The van der Waals surface area contributed by atoms with Crippen LogP contribution in [0.1, 0.15) is 5.82 Å². The van der Waals surface area contributed by atoms with Crippen LogP contribution in [0.5, 0.6) is 5.75 Å². The third-order valence-corrected chi connectivity index (χ3v) is 2.34. The number of aromatic amines is 1. The number of hydrogen-bond acceptors (Lipinski definition) is 3. The van der Waals surface area contributed by atoms with Gasteiger partial charge in [-0.3, -0.25) is 0 Å². The molecule has 84 valence electrons. The monoisotopic (exact) mass is 237 g/mol. The van der Waals surface area contributed by atoms with Crippen LogP contribution in [0.2, 0.25) is 5.02 Å². The summed E-state index contributed by atoms with van der Waals surface area (Å²) in [6, 6.07) is 5.49. The van der Waals surface area contributed by atoms with E-state index < -0.39 is 0 Å². The lowest BCUT2D eigenvalue weighted by Gasteiger charge is -2.07. The summed E-state index contributed by atoms with van der Waals surface area (Å²) in [6.45, 7) is 0.622. The molecule has 1 aromatic carbocycles. The molecule has 0 atom stereocenters. The van der Waals surface area contributed by atoms with Crippen molar-refractivity contribution in [2.24, 2.45) is 0 Å². The highest BCUT2D eigenvalue weighted by atomic mass is 35.5. The Bertz CT molecular complexity index is 456. The Morgan fingerprint density at radius 3 is 3.00 bits per heavy atom. The third kappa shape index (κ3) is 2.67. The molecule has 0 aliphatic heterocycles. The lowest BCUT2D eigenvalue weighted by molar-refractivity contribution is 0.415. The minimum atomic E-state index is 0.622. The van der Waals surface area contributed by atoms with Gasteiger partial charge in [0.2, 0.25) is 0 Å². The molecule has 0 amide bonds. The molecular formula is C11H12ClN3O. The molecule has 0 radical (unpaired) electrons. The SMILES string of the molecule is COc1cc(Cl)cc(NCc2ncc[nH]2)c1. The van der Waals surface area contributed by atoms with Gasteiger partial charge in [-0.15, -0.1) is 0 Å². The predicted molar refractivity (Wildman–Crippen MR) is 63.9 cm³/mol. The number of H-pyrrole nitrogens is 1. The quantitative estimate of drug-likeness (QED) is 0.860. The van der Waals surface area contributed by atoms with Gasteiger partial charge in [0.25, 0.3) is 0 Å². The minimum absolute atomic E-state index is 0.622. The lowest BCUT2D eigenvalue weighted by atomic mass is 10.3. The number of hydrogen-bond donors (Lipinski definition) is 2. The van der Waals surface area contributed by atoms with E-state index in [9.17, 15) is 0 Å².